The van der Waals surface area contributed by atoms with Gasteiger partial charge in [0.2, 0.25) is 11.0 Å². The molecule has 12 heteroatoms. The number of aliphatic hydroxyl groups is 2. The van der Waals surface area contributed by atoms with Gasteiger partial charge < -0.3 is 30.5 Å². The molecule has 0 fully saturated rings. The number of carbonyl (C=O) groups is 1. The maximum absolute atomic E-state index is 12.3. The van der Waals surface area contributed by atoms with Gasteiger partial charge in [-0.2, -0.15) is 0 Å². The van der Waals surface area contributed by atoms with Crippen molar-refractivity contribution in [2.75, 3.05) is 35.7 Å². The summed E-state index contributed by atoms with van der Waals surface area (Å²) in [4.78, 5) is 14.1. The predicted octanol–water partition coefficient (Wildman–Crippen LogP) is 7.27. The highest BCUT2D eigenvalue weighted by Crippen LogP contribution is 2.39. The van der Waals surface area contributed by atoms with Gasteiger partial charge in [0.25, 0.3) is 0 Å². The van der Waals surface area contributed by atoms with Crippen molar-refractivity contribution in [3.05, 3.63) is 113 Å². The quantitative estimate of drug-likeness (QED) is 0.0626. The number of rotatable bonds is 16. The van der Waals surface area contributed by atoms with Crippen LogP contribution in [0.25, 0.3) is 0 Å². The molecule has 1 heterocycles. The number of azo groups is 1. The Kier molecular flexibility index (Phi) is 12.8. The molecule has 0 aliphatic carbocycles. The lowest BCUT2D eigenvalue weighted by Gasteiger charge is -2.23. The monoisotopic (exact) mass is 708 g/mol. The van der Waals surface area contributed by atoms with Gasteiger partial charge >= 0.3 is 5.13 Å². The van der Waals surface area contributed by atoms with E-state index < -0.39 is 12.2 Å². The smallest absolute Gasteiger partial charge is 0.432 e. The van der Waals surface area contributed by atoms with E-state index in [9.17, 15) is 15.0 Å². The molecule has 0 spiro atoms. The van der Waals surface area contributed by atoms with Crippen molar-refractivity contribution in [2.45, 2.75) is 59.3 Å². The molecular formula is C39H46N7O4S+. The Morgan fingerprint density at radius 3 is 2.10 bits per heavy atom. The van der Waals surface area contributed by atoms with Crippen LogP contribution in [0.1, 0.15) is 43.0 Å². The number of amides is 1. The lowest BCUT2D eigenvalue weighted by Crippen LogP contribution is -2.40. The van der Waals surface area contributed by atoms with Crippen molar-refractivity contribution in [2.24, 2.45) is 10.2 Å². The normalized spacial score (nSPS) is 12.5. The number of carbonyl (C=O) groups excluding carboxylic acids is 1. The molecule has 0 radical (unpaired) electrons. The number of anilines is 4. The number of aromatic nitrogens is 2. The average molecular weight is 709 g/mol. The summed E-state index contributed by atoms with van der Waals surface area (Å²) in [6.07, 6.45) is 0.628. The third kappa shape index (κ3) is 10.9. The van der Waals surface area contributed by atoms with Gasteiger partial charge in [-0.15, -0.1) is 4.68 Å². The molecular weight excluding hydrogens is 663 g/mol. The molecule has 2 atom stereocenters. The van der Waals surface area contributed by atoms with Gasteiger partial charge in [0.1, 0.15) is 18.0 Å². The van der Waals surface area contributed by atoms with Crippen LogP contribution in [-0.4, -0.2) is 53.6 Å². The zero-order valence-electron chi connectivity index (χ0n) is 29.7. The first-order valence-corrected chi connectivity index (χ1v) is 17.8. The number of benzene rings is 4. The van der Waals surface area contributed by atoms with Crippen molar-refractivity contribution in [1.82, 2.24) is 5.10 Å². The second-order valence-electron chi connectivity index (χ2n) is 12.7. The molecule has 0 bridgehead atoms. The van der Waals surface area contributed by atoms with Gasteiger partial charge in [-0.1, -0.05) is 77.4 Å². The minimum atomic E-state index is -0.637. The number of hydrogen-bond acceptors (Lipinski definition) is 10. The number of hydrogen-bond donors (Lipinski definition) is 4. The second-order valence-corrected chi connectivity index (χ2v) is 13.6. The molecule has 0 aliphatic rings. The van der Waals surface area contributed by atoms with Gasteiger partial charge in [0.15, 0.2) is 0 Å². The zero-order valence-corrected chi connectivity index (χ0v) is 30.5. The van der Waals surface area contributed by atoms with Crippen LogP contribution < -0.4 is 25.0 Å². The third-order valence-electron chi connectivity index (χ3n) is 7.95. The number of nitrogens with zero attached hydrogens (tertiary/aromatic N) is 5. The van der Waals surface area contributed by atoms with Gasteiger partial charge in [-0.25, -0.2) is 0 Å². The van der Waals surface area contributed by atoms with Crippen LogP contribution in [0, 0.1) is 6.92 Å². The summed E-state index contributed by atoms with van der Waals surface area (Å²) in [5, 5.41) is 41.7. The number of aliphatic hydroxyl groups excluding tert-OH is 2. The first-order valence-electron chi connectivity index (χ1n) is 16.9. The average Bonchev–Trinajstić information content (AvgIpc) is 3.50. The number of nitrogens with one attached hydrogen (secondary N) is 2. The van der Waals surface area contributed by atoms with E-state index in [1.807, 2.05) is 47.4 Å². The predicted molar refractivity (Wildman–Crippen MR) is 203 cm³/mol. The second kappa shape index (κ2) is 17.7. The standard InChI is InChI=1S/C39H45N7O4S/c1-26-11-13-30(14-12-26)15-16-31-17-19-33(20-18-31)41-36-21-34(40-29(4)49)35(22-37(36)50-5)42-43-38-46(25-32-9-7-6-8-10-32)44-39(51-38)45(23-27(2)47)24-28(3)48/h6-14,17-22,27-28,47-48H,15-16,23-25H2,1-5H3,(H,40,41,49)/p+1. The Morgan fingerprint density at radius 2 is 1.51 bits per heavy atom. The fourth-order valence-electron chi connectivity index (χ4n) is 5.49. The van der Waals surface area contributed by atoms with E-state index in [1.165, 1.54) is 35.0 Å². The van der Waals surface area contributed by atoms with Crippen LogP contribution in [0.15, 0.2) is 101 Å². The highest BCUT2D eigenvalue weighted by Gasteiger charge is 2.25. The molecule has 0 aliphatic heterocycles. The van der Waals surface area contributed by atoms with Crippen molar-refractivity contribution in [3.8, 4) is 5.75 Å². The molecule has 1 amide bonds. The van der Waals surface area contributed by atoms with E-state index in [0.717, 1.165) is 24.1 Å². The maximum atomic E-state index is 12.3. The summed E-state index contributed by atoms with van der Waals surface area (Å²) in [7, 11) is 1.58. The Hall–Kier alpha value is -5.17. The van der Waals surface area contributed by atoms with Gasteiger partial charge in [-0.05, 0) is 85.0 Å². The molecule has 5 rings (SSSR count). The summed E-state index contributed by atoms with van der Waals surface area (Å²) >= 11 is 1.29. The summed E-state index contributed by atoms with van der Waals surface area (Å²) in [5.74, 6) is 0.260. The van der Waals surface area contributed by atoms with Crippen LogP contribution in [0.5, 0.6) is 5.75 Å². The fourth-order valence-corrected chi connectivity index (χ4v) is 6.36. The summed E-state index contributed by atoms with van der Waals surface area (Å²) < 4.78 is 7.50. The van der Waals surface area contributed by atoms with Crippen LogP contribution in [0.4, 0.5) is 33.0 Å². The van der Waals surface area contributed by atoms with Gasteiger partial charge in [-0.3, -0.25) is 4.79 Å². The molecule has 5 aromatic rings. The Labute approximate surface area is 303 Å². The van der Waals surface area contributed by atoms with E-state index in [0.29, 0.717) is 39.6 Å². The summed E-state index contributed by atoms with van der Waals surface area (Å²) in [6, 6.07) is 30.3. The van der Waals surface area contributed by atoms with Gasteiger partial charge in [0, 0.05) is 31.8 Å². The van der Waals surface area contributed by atoms with Crippen molar-refractivity contribution in [3.63, 3.8) is 0 Å². The van der Waals surface area contributed by atoms with E-state index in [2.05, 4.69) is 64.2 Å². The zero-order chi connectivity index (χ0) is 36.3. The molecule has 4 N–H and O–H groups in total. The molecule has 11 nitrogen and oxygen atoms in total. The highest BCUT2D eigenvalue weighted by atomic mass is 32.1. The largest absolute Gasteiger partial charge is 0.494 e. The van der Waals surface area contributed by atoms with Crippen LogP contribution in [0.3, 0.4) is 0 Å². The van der Waals surface area contributed by atoms with Crippen LogP contribution in [0.2, 0.25) is 0 Å². The molecule has 51 heavy (non-hydrogen) atoms. The summed E-state index contributed by atoms with van der Waals surface area (Å²) in [5.41, 5.74) is 7.19. The van der Waals surface area contributed by atoms with E-state index in [1.54, 1.807) is 37.8 Å². The van der Waals surface area contributed by atoms with Crippen LogP contribution >= 0.6 is 11.3 Å². The lowest BCUT2D eigenvalue weighted by atomic mass is 10.0. The minimum Gasteiger partial charge on any atom is -0.494 e. The van der Waals surface area contributed by atoms with Crippen molar-refractivity contribution < 1.29 is 24.4 Å². The minimum absolute atomic E-state index is 0.258. The molecule has 266 valence electrons. The topological polar surface area (TPSA) is 136 Å². The third-order valence-corrected chi connectivity index (χ3v) is 8.95. The molecule has 4 aromatic carbocycles. The molecule has 1 aromatic heterocycles. The molecule has 2 unspecified atom stereocenters. The van der Waals surface area contributed by atoms with Crippen LogP contribution in [-0.2, 0) is 24.2 Å². The first kappa shape index (κ1) is 37.1. The maximum Gasteiger partial charge on any atom is 0.432 e. The Balaban J connectivity index is 1.42. The molecule has 0 saturated heterocycles. The summed E-state index contributed by atoms with van der Waals surface area (Å²) in [6.45, 7) is 7.93. The highest BCUT2D eigenvalue weighted by molar-refractivity contribution is 7.18. The lowest BCUT2D eigenvalue weighted by molar-refractivity contribution is -0.728. The van der Waals surface area contributed by atoms with E-state index in [-0.39, 0.29) is 19.0 Å². The fraction of sp³-hybridized carbons (Fsp3) is 0.308. The van der Waals surface area contributed by atoms with Crippen molar-refractivity contribution >= 4 is 50.3 Å². The van der Waals surface area contributed by atoms with E-state index in [4.69, 9.17) is 9.84 Å². The first-order chi connectivity index (χ1) is 24.6. The van der Waals surface area contributed by atoms with Gasteiger partial charge in [0.05, 0.1) is 35.8 Å². The Bertz CT molecular complexity index is 1900. The molecule has 0 saturated carbocycles. The Morgan fingerprint density at radius 1 is 0.882 bits per heavy atom. The number of methoxy groups -OCH3 is 1. The van der Waals surface area contributed by atoms with Crippen molar-refractivity contribution in [1.29, 1.82) is 0 Å². The SMILES string of the molecule is COc1cc(N=Nc2sc(N(CC(C)O)CC(C)O)n[n+]2Cc2ccccc2)c(NC(C)=O)cc1Nc1ccc(CCc2ccc(C)cc2)cc1. The van der Waals surface area contributed by atoms with E-state index >= 15 is 0 Å². The number of ether oxygens (including phenoxy) is 1. The number of aryl methyl sites for hydroxylation is 3.